The summed E-state index contributed by atoms with van der Waals surface area (Å²) >= 11 is 0. The van der Waals surface area contributed by atoms with Crippen LogP contribution in [0.15, 0.2) is 0 Å². The van der Waals surface area contributed by atoms with Gasteiger partial charge in [-0.3, -0.25) is 4.79 Å². The van der Waals surface area contributed by atoms with Gasteiger partial charge in [-0.2, -0.15) is 0 Å². The van der Waals surface area contributed by atoms with Crippen molar-refractivity contribution >= 4 is 5.78 Å². The molecule has 0 amide bonds. The van der Waals surface area contributed by atoms with Gasteiger partial charge in [0.15, 0.2) is 0 Å². The monoisotopic (exact) mass is 124 g/mol. The first-order valence-electron chi connectivity index (χ1n) is 3.80. The van der Waals surface area contributed by atoms with E-state index in [4.69, 9.17) is 0 Å². The summed E-state index contributed by atoms with van der Waals surface area (Å²) in [6.07, 6.45) is 3.42. The van der Waals surface area contributed by atoms with Crippen LogP contribution in [0.1, 0.15) is 26.2 Å². The minimum Gasteiger partial charge on any atom is -0.299 e. The van der Waals surface area contributed by atoms with Crippen LogP contribution in [0.2, 0.25) is 0 Å². The van der Waals surface area contributed by atoms with E-state index in [0.29, 0.717) is 17.6 Å². The zero-order valence-electron chi connectivity index (χ0n) is 5.76. The summed E-state index contributed by atoms with van der Waals surface area (Å²) in [7, 11) is 0. The van der Waals surface area contributed by atoms with Crippen molar-refractivity contribution in [3.05, 3.63) is 0 Å². The van der Waals surface area contributed by atoms with Gasteiger partial charge in [0.1, 0.15) is 5.78 Å². The molecule has 0 aromatic carbocycles. The highest BCUT2D eigenvalue weighted by Gasteiger charge is 2.42. The van der Waals surface area contributed by atoms with Crippen molar-refractivity contribution in [3.63, 3.8) is 0 Å². The molecule has 50 valence electrons. The van der Waals surface area contributed by atoms with E-state index in [0.717, 1.165) is 12.3 Å². The Bertz CT molecular complexity index is 151. The van der Waals surface area contributed by atoms with Crippen LogP contribution in [-0.2, 0) is 4.79 Å². The molecule has 0 aromatic rings. The summed E-state index contributed by atoms with van der Waals surface area (Å²) in [5.74, 6) is 2.49. The summed E-state index contributed by atoms with van der Waals surface area (Å²) in [6.45, 7) is 2.21. The minimum absolute atomic E-state index is 0.468. The third-order valence-electron chi connectivity index (χ3n) is 2.88. The maximum Gasteiger partial charge on any atom is 0.136 e. The van der Waals surface area contributed by atoms with Gasteiger partial charge in [0.25, 0.3) is 0 Å². The van der Waals surface area contributed by atoms with E-state index < -0.39 is 0 Å². The van der Waals surface area contributed by atoms with Gasteiger partial charge in [-0.25, -0.2) is 0 Å². The summed E-state index contributed by atoms with van der Waals surface area (Å²) < 4.78 is 0. The maximum atomic E-state index is 11.0. The molecule has 2 saturated carbocycles. The fraction of sp³-hybridized carbons (Fsp3) is 0.875. The Balaban J connectivity index is 2.21. The van der Waals surface area contributed by atoms with Crippen LogP contribution < -0.4 is 0 Å². The van der Waals surface area contributed by atoms with Gasteiger partial charge in [0.2, 0.25) is 0 Å². The predicted molar refractivity (Wildman–Crippen MR) is 35.0 cm³/mol. The van der Waals surface area contributed by atoms with Crippen LogP contribution in [0.5, 0.6) is 0 Å². The van der Waals surface area contributed by atoms with Crippen LogP contribution in [0, 0.1) is 17.8 Å². The van der Waals surface area contributed by atoms with Gasteiger partial charge >= 0.3 is 0 Å². The first kappa shape index (κ1) is 5.45. The first-order valence-corrected chi connectivity index (χ1v) is 3.80. The molecule has 0 radical (unpaired) electrons. The summed E-state index contributed by atoms with van der Waals surface area (Å²) in [4.78, 5) is 11.0. The molecule has 3 atom stereocenters. The minimum atomic E-state index is 0.468. The van der Waals surface area contributed by atoms with Gasteiger partial charge in [-0.15, -0.1) is 0 Å². The third kappa shape index (κ3) is 0.637. The number of hydrogen-bond acceptors (Lipinski definition) is 1. The lowest BCUT2D eigenvalue weighted by Crippen LogP contribution is -2.16. The normalized spacial score (nSPS) is 48.6. The number of fused-ring (bicyclic) bond motifs is 2. The van der Waals surface area contributed by atoms with E-state index >= 15 is 0 Å². The first-order chi connectivity index (χ1) is 4.27. The fourth-order valence-corrected chi connectivity index (χ4v) is 2.43. The second-order valence-corrected chi connectivity index (χ2v) is 3.59. The largest absolute Gasteiger partial charge is 0.299 e. The van der Waals surface area contributed by atoms with Crippen molar-refractivity contribution < 1.29 is 4.79 Å². The number of rotatable bonds is 0. The highest BCUT2D eigenvalue weighted by molar-refractivity contribution is 5.84. The highest BCUT2D eigenvalue weighted by atomic mass is 16.1. The lowest BCUT2D eigenvalue weighted by Gasteiger charge is -2.14. The van der Waals surface area contributed by atoms with E-state index in [1.54, 1.807) is 0 Å². The molecule has 2 aliphatic rings. The molecule has 9 heavy (non-hydrogen) atoms. The molecule has 0 aromatic heterocycles. The van der Waals surface area contributed by atoms with E-state index in [1.165, 1.54) is 12.8 Å². The number of ketones is 1. The number of hydrogen-bond donors (Lipinski definition) is 0. The zero-order chi connectivity index (χ0) is 6.43. The molecule has 2 rings (SSSR count). The SMILES string of the molecule is C[C@H]1C[C@H]2CC(=O)[C@H]1C2. The number of Topliss-reactive ketones (excluding diaryl/α,β-unsaturated/α-hetero) is 1. The molecule has 0 aliphatic heterocycles. The van der Waals surface area contributed by atoms with E-state index in [-0.39, 0.29) is 0 Å². The van der Waals surface area contributed by atoms with Crippen molar-refractivity contribution in [2.24, 2.45) is 17.8 Å². The van der Waals surface area contributed by atoms with Gasteiger partial charge in [0.05, 0.1) is 0 Å². The lowest BCUT2D eigenvalue weighted by molar-refractivity contribution is -0.123. The van der Waals surface area contributed by atoms with Crippen molar-refractivity contribution in [1.29, 1.82) is 0 Å². The molecule has 0 saturated heterocycles. The summed E-state index contributed by atoms with van der Waals surface area (Å²) in [5, 5.41) is 0. The molecule has 2 aliphatic carbocycles. The molecule has 2 bridgehead atoms. The van der Waals surface area contributed by atoms with Crippen LogP contribution >= 0.6 is 0 Å². The predicted octanol–water partition coefficient (Wildman–Crippen LogP) is 1.62. The van der Waals surface area contributed by atoms with Gasteiger partial charge in [0, 0.05) is 12.3 Å². The van der Waals surface area contributed by atoms with Crippen LogP contribution in [0.4, 0.5) is 0 Å². The van der Waals surface area contributed by atoms with Gasteiger partial charge in [-0.05, 0) is 24.7 Å². The molecular weight excluding hydrogens is 112 g/mol. The average Bonchev–Trinajstić information content (AvgIpc) is 2.22. The van der Waals surface area contributed by atoms with Crippen molar-refractivity contribution in [1.82, 2.24) is 0 Å². The van der Waals surface area contributed by atoms with Crippen molar-refractivity contribution in [3.8, 4) is 0 Å². The number of carbonyl (C=O) groups is 1. The molecular formula is C8H12O. The lowest BCUT2D eigenvalue weighted by atomic mass is 9.90. The Morgan fingerprint density at radius 1 is 1.44 bits per heavy atom. The topological polar surface area (TPSA) is 17.1 Å². The van der Waals surface area contributed by atoms with Crippen molar-refractivity contribution in [2.75, 3.05) is 0 Å². The smallest absolute Gasteiger partial charge is 0.136 e. The Hall–Kier alpha value is -0.330. The van der Waals surface area contributed by atoms with E-state index in [9.17, 15) is 4.79 Å². The van der Waals surface area contributed by atoms with E-state index in [1.807, 2.05) is 0 Å². The fourth-order valence-electron chi connectivity index (χ4n) is 2.43. The highest BCUT2D eigenvalue weighted by Crippen LogP contribution is 2.45. The second-order valence-electron chi connectivity index (χ2n) is 3.59. The maximum absolute atomic E-state index is 11.0. The molecule has 2 fully saturated rings. The van der Waals surface area contributed by atoms with Crippen LogP contribution in [0.3, 0.4) is 0 Å². The van der Waals surface area contributed by atoms with Gasteiger partial charge in [-0.1, -0.05) is 6.92 Å². The molecule has 1 nitrogen and oxygen atoms in total. The Labute approximate surface area is 55.4 Å². The molecule has 0 heterocycles. The Kier molecular flexibility index (Phi) is 0.961. The molecule has 0 spiro atoms. The van der Waals surface area contributed by atoms with Gasteiger partial charge < -0.3 is 0 Å². The number of carbonyl (C=O) groups excluding carboxylic acids is 1. The van der Waals surface area contributed by atoms with Crippen molar-refractivity contribution in [2.45, 2.75) is 26.2 Å². The zero-order valence-corrected chi connectivity index (χ0v) is 5.76. The molecule has 0 N–H and O–H groups in total. The molecule has 0 unspecified atom stereocenters. The second kappa shape index (κ2) is 1.59. The third-order valence-corrected chi connectivity index (χ3v) is 2.88. The Morgan fingerprint density at radius 2 is 2.22 bits per heavy atom. The van der Waals surface area contributed by atoms with E-state index in [2.05, 4.69) is 6.92 Å². The summed E-state index contributed by atoms with van der Waals surface area (Å²) in [5.41, 5.74) is 0. The molecule has 1 heteroatoms. The van der Waals surface area contributed by atoms with Crippen LogP contribution in [0.25, 0.3) is 0 Å². The Morgan fingerprint density at radius 3 is 2.56 bits per heavy atom. The summed E-state index contributed by atoms with van der Waals surface area (Å²) in [6, 6.07) is 0. The average molecular weight is 124 g/mol. The quantitative estimate of drug-likeness (QED) is 0.479. The standard InChI is InChI=1S/C8H12O/c1-5-2-6-3-7(5)8(9)4-6/h5-7H,2-4H2,1H3/t5-,6+,7-/m0/s1. The van der Waals surface area contributed by atoms with Crippen LogP contribution in [-0.4, -0.2) is 5.78 Å².